The van der Waals surface area contributed by atoms with Gasteiger partial charge in [-0.2, -0.15) is 0 Å². The van der Waals surface area contributed by atoms with Crippen molar-refractivity contribution in [3.8, 4) is 33.3 Å². The number of para-hydroxylation sites is 1. The number of aromatic nitrogens is 5. The fourth-order valence-electron chi connectivity index (χ4n) is 9.88. The number of aliphatic hydroxyl groups is 1. The average Bonchev–Trinajstić information content (AvgIpc) is 4.13. The molecule has 3 saturated heterocycles. The Morgan fingerprint density at radius 3 is 2.47 bits per heavy atom. The van der Waals surface area contributed by atoms with Crippen molar-refractivity contribution >= 4 is 40.3 Å². The lowest BCUT2D eigenvalue weighted by atomic mass is 9.90. The topological polar surface area (TPSA) is 218 Å². The first-order valence-corrected chi connectivity index (χ1v) is 24.1. The summed E-state index contributed by atoms with van der Waals surface area (Å²) in [6, 6.07) is 22.1. The highest BCUT2D eigenvalue weighted by Gasteiger charge is 2.45. The molecule has 3 aliphatic heterocycles. The number of nitrogen functional groups attached to an aromatic ring is 1. The lowest BCUT2D eigenvalue weighted by Gasteiger charge is -2.43. The number of piperazine rings is 1. The van der Waals surface area contributed by atoms with Gasteiger partial charge in [-0.15, -0.1) is 21.5 Å². The van der Waals surface area contributed by atoms with Crippen molar-refractivity contribution in [3.05, 3.63) is 107 Å². The van der Waals surface area contributed by atoms with Crippen LogP contribution < -0.4 is 25.6 Å². The number of amides is 2. The van der Waals surface area contributed by atoms with Gasteiger partial charge in [0.1, 0.15) is 23.5 Å². The van der Waals surface area contributed by atoms with E-state index in [-0.39, 0.29) is 61.2 Å². The van der Waals surface area contributed by atoms with Crippen molar-refractivity contribution in [1.29, 1.82) is 0 Å². The van der Waals surface area contributed by atoms with E-state index >= 15 is 0 Å². The number of aliphatic hydroxyl groups excluding tert-OH is 1. The van der Waals surface area contributed by atoms with E-state index in [1.807, 2.05) is 80.9 Å². The van der Waals surface area contributed by atoms with Gasteiger partial charge in [-0.3, -0.25) is 9.59 Å². The quantitative estimate of drug-likeness (QED) is 0.0722. The minimum absolute atomic E-state index is 0.0244. The molecule has 9 rings (SSSR count). The molecule has 0 aliphatic carbocycles. The molecule has 17 nitrogen and oxygen atoms in total. The third-order valence-electron chi connectivity index (χ3n) is 13.3. The summed E-state index contributed by atoms with van der Waals surface area (Å²) in [6.45, 7) is 10.1. The van der Waals surface area contributed by atoms with Crippen LogP contribution in [0.3, 0.4) is 0 Å². The van der Waals surface area contributed by atoms with E-state index in [0.717, 1.165) is 59.0 Å². The molecule has 2 aromatic carbocycles. The number of hydrogen-bond donors (Lipinski definition) is 4. The van der Waals surface area contributed by atoms with E-state index in [1.54, 1.807) is 42.7 Å². The lowest BCUT2D eigenvalue weighted by Crippen LogP contribution is -2.54. The maximum Gasteiger partial charge on any atom is 0.243 e. The van der Waals surface area contributed by atoms with Crippen LogP contribution in [0.25, 0.3) is 21.7 Å². The van der Waals surface area contributed by atoms with Gasteiger partial charge in [0.2, 0.25) is 17.7 Å². The Kier molecular flexibility index (Phi) is 13.9. The molecule has 0 spiro atoms. The fraction of sp³-hybridized carbons (Fsp3) is 0.420. The highest BCUT2D eigenvalue weighted by molar-refractivity contribution is 7.13. The molecule has 356 valence electrons. The summed E-state index contributed by atoms with van der Waals surface area (Å²) in [5.41, 5.74) is 14.8. The van der Waals surface area contributed by atoms with Crippen LogP contribution in [-0.2, 0) is 14.3 Å². The number of β-amino-alcohol motifs (C(OH)–C–C–N with tert-alkyl or cyclic N) is 1. The average molecular weight is 943 g/mol. The van der Waals surface area contributed by atoms with Crippen LogP contribution in [-0.4, -0.2) is 116 Å². The van der Waals surface area contributed by atoms with E-state index in [2.05, 4.69) is 40.4 Å². The van der Waals surface area contributed by atoms with Crippen LogP contribution in [0.2, 0.25) is 0 Å². The van der Waals surface area contributed by atoms with Crippen molar-refractivity contribution in [2.45, 2.75) is 89.6 Å². The van der Waals surface area contributed by atoms with Crippen LogP contribution >= 0.6 is 11.3 Å². The molecule has 5 N–H and O–H groups in total. The van der Waals surface area contributed by atoms with Crippen LogP contribution in [0.1, 0.15) is 74.2 Å². The predicted octanol–water partition coefficient (Wildman–Crippen LogP) is 6.46. The zero-order valence-corrected chi connectivity index (χ0v) is 39.5. The number of fused-ring (bicyclic) bond motifs is 2. The summed E-state index contributed by atoms with van der Waals surface area (Å²) in [5, 5.41) is 36.9. The zero-order valence-electron chi connectivity index (χ0n) is 38.7. The van der Waals surface area contributed by atoms with Gasteiger partial charge >= 0.3 is 0 Å². The highest BCUT2D eigenvalue weighted by Crippen LogP contribution is 2.40. The SMILES string of the molecule is Cc1cc([C@H](C(=O)N2C[C@H](O)C[C@H]2C(=O)N[C@@H](C)c2ccc(-c3scnc3C)cc2)[C@@H](C)COCCCOc2cc(N3C4CCC3CN(c3cc(-c5ccccc5O)nnc3N)C4)ccn2)on1. The summed E-state index contributed by atoms with van der Waals surface area (Å²) in [4.78, 5) is 44.5. The van der Waals surface area contributed by atoms with Gasteiger partial charge in [0.15, 0.2) is 5.82 Å². The molecule has 3 fully saturated rings. The molecule has 2 unspecified atom stereocenters. The first-order valence-electron chi connectivity index (χ1n) is 23.3. The molecule has 2 bridgehead atoms. The van der Waals surface area contributed by atoms with Crippen molar-refractivity contribution in [3.63, 3.8) is 0 Å². The summed E-state index contributed by atoms with van der Waals surface area (Å²) >= 11 is 1.59. The number of nitrogens with zero attached hydrogens (tertiary/aromatic N) is 8. The number of ether oxygens (including phenoxy) is 2. The first kappa shape index (κ1) is 46.5. The lowest BCUT2D eigenvalue weighted by molar-refractivity contribution is -0.141. The van der Waals surface area contributed by atoms with Gasteiger partial charge in [-0.25, -0.2) is 9.97 Å². The number of aryl methyl sites for hydroxylation is 2. The number of likely N-dealkylation sites (tertiary alicyclic amines) is 1. The molecule has 3 aliphatic rings. The second-order valence-electron chi connectivity index (χ2n) is 18.2. The van der Waals surface area contributed by atoms with Crippen LogP contribution in [0.5, 0.6) is 11.6 Å². The molecule has 4 aromatic heterocycles. The van der Waals surface area contributed by atoms with E-state index < -0.39 is 18.1 Å². The molecule has 0 radical (unpaired) electrons. The molecule has 18 heteroatoms. The second-order valence-corrected chi connectivity index (χ2v) is 19.0. The Labute approximate surface area is 399 Å². The van der Waals surface area contributed by atoms with Crippen LogP contribution in [0.15, 0.2) is 89.0 Å². The third-order valence-corrected chi connectivity index (χ3v) is 14.3. The third kappa shape index (κ3) is 9.98. The van der Waals surface area contributed by atoms with Crippen LogP contribution in [0, 0.1) is 19.8 Å². The highest BCUT2D eigenvalue weighted by atomic mass is 32.1. The molecule has 7 heterocycles. The molecule has 6 aromatic rings. The van der Waals surface area contributed by atoms with Crippen molar-refractivity contribution in [2.75, 3.05) is 55.0 Å². The Morgan fingerprint density at radius 1 is 0.971 bits per heavy atom. The molecule has 68 heavy (non-hydrogen) atoms. The molecular weight excluding hydrogens is 885 g/mol. The van der Waals surface area contributed by atoms with E-state index in [1.165, 1.54) is 4.90 Å². The van der Waals surface area contributed by atoms with Gasteiger partial charge in [-0.1, -0.05) is 48.5 Å². The molecule has 2 amide bonds. The normalized spacial score (nSPS) is 20.3. The number of carbonyl (C=O) groups excluding carboxylic acids is 2. The maximum atomic E-state index is 14.5. The zero-order chi connectivity index (χ0) is 47.5. The van der Waals surface area contributed by atoms with Crippen LogP contribution in [0.4, 0.5) is 17.2 Å². The maximum absolute atomic E-state index is 14.5. The Morgan fingerprint density at radius 2 is 1.75 bits per heavy atom. The summed E-state index contributed by atoms with van der Waals surface area (Å²) in [6.07, 6.45) is 3.69. The first-order chi connectivity index (χ1) is 32.9. The van der Waals surface area contributed by atoms with Gasteiger partial charge in [0, 0.05) is 80.7 Å². The summed E-state index contributed by atoms with van der Waals surface area (Å²) in [7, 11) is 0. The molecule has 0 saturated carbocycles. The number of pyridine rings is 1. The molecular formula is C50H58N10O7S. The summed E-state index contributed by atoms with van der Waals surface area (Å²) in [5.74, 6) is -0.392. The monoisotopic (exact) mass is 942 g/mol. The number of phenolic OH excluding ortho intramolecular Hbond substituents is 1. The predicted molar refractivity (Wildman–Crippen MR) is 258 cm³/mol. The standard InChI is InChI=1S/C50H58N10O7S/c1-29(46(44-20-30(2)57-67-44)50(64)59-26-38(61)22-42(59)49(63)54-31(3)33-10-12-34(13-11-33)47-32(4)53-28-68-47)27-65-18-7-19-66-45-21-35(16-17-52-45)60-36-14-15-37(60)25-58(24-36)41-23-40(55-56-48(41)51)39-8-5-6-9-43(39)62/h5-6,8-13,16-17,20-21,23,28-29,31,36-38,42,46,61-62H,7,14-15,18-19,22,24-27H2,1-4H3,(H2,51,56)(H,54,63)/t29-,31-,36?,37?,38+,42-,46+/m0/s1. The number of nitrogens with one attached hydrogen (secondary N) is 1. The minimum atomic E-state index is -0.864. The number of benzene rings is 2. The smallest absolute Gasteiger partial charge is 0.243 e. The number of hydrogen-bond acceptors (Lipinski definition) is 16. The van der Waals surface area contributed by atoms with E-state index in [4.69, 9.17) is 19.7 Å². The second kappa shape index (κ2) is 20.3. The number of thiazole rings is 1. The number of carbonyl (C=O) groups is 2. The van der Waals surface area contributed by atoms with Crippen molar-refractivity contribution < 1.29 is 33.8 Å². The van der Waals surface area contributed by atoms with Crippen molar-refractivity contribution in [2.24, 2.45) is 5.92 Å². The Bertz CT molecular complexity index is 2700. The van der Waals surface area contributed by atoms with Gasteiger partial charge in [0.25, 0.3) is 0 Å². The molecule has 7 atom stereocenters. The number of anilines is 3. The number of aromatic hydroxyl groups is 1. The largest absolute Gasteiger partial charge is 0.507 e. The number of nitrogens with two attached hydrogens (primary N) is 1. The van der Waals surface area contributed by atoms with Gasteiger partial charge < -0.3 is 50.0 Å². The van der Waals surface area contributed by atoms with E-state index in [0.29, 0.717) is 54.0 Å². The number of phenols is 1. The van der Waals surface area contributed by atoms with Gasteiger partial charge in [-0.05, 0) is 74.9 Å². The van der Waals surface area contributed by atoms with Gasteiger partial charge in [0.05, 0.1) is 58.5 Å². The Hall–Kier alpha value is -6.63. The summed E-state index contributed by atoms with van der Waals surface area (Å²) < 4.78 is 17.9. The number of rotatable bonds is 17. The van der Waals surface area contributed by atoms with E-state index in [9.17, 15) is 19.8 Å². The Balaban J connectivity index is 0.770. The van der Waals surface area contributed by atoms with Crippen molar-refractivity contribution in [1.82, 2.24) is 35.5 Å². The fourth-order valence-corrected chi connectivity index (χ4v) is 10.7. The minimum Gasteiger partial charge on any atom is -0.507 e.